The van der Waals surface area contributed by atoms with Crippen LogP contribution in [0.5, 0.6) is 0 Å². The van der Waals surface area contributed by atoms with E-state index in [4.69, 9.17) is 5.41 Å². The van der Waals surface area contributed by atoms with Gasteiger partial charge in [-0.25, -0.2) is 4.98 Å². The zero-order valence-corrected chi connectivity index (χ0v) is 16.4. The molecule has 0 saturated heterocycles. The molecule has 0 spiro atoms. The summed E-state index contributed by atoms with van der Waals surface area (Å²) < 4.78 is 0. The van der Waals surface area contributed by atoms with Gasteiger partial charge in [0.2, 0.25) is 0 Å². The predicted octanol–water partition coefficient (Wildman–Crippen LogP) is 6.36. The van der Waals surface area contributed by atoms with Gasteiger partial charge in [0.25, 0.3) is 0 Å². The third-order valence-electron chi connectivity index (χ3n) is 4.81. The summed E-state index contributed by atoms with van der Waals surface area (Å²) in [5.41, 5.74) is 3.50. The van der Waals surface area contributed by atoms with Crippen LogP contribution in [0.4, 0.5) is 5.82 Å². The maximum atomic E-state index is 8.60. The van der Waals surface area contributed by atoms with Crippen LogP contribution in [0.1, 0.15) is 75.0 Å². The molecule has 2 N–H and O–H groups in total. The number of unbranched alkanes of at least 4 members (excludes halogenated alkanes) is 7. The molecule has 0 amide bonds. The van der Waals surface area contributed by atoms with E-state index in [0.717, 1.165) is 35.5 Å². The highest BCUT2D eigenvalue weighted by Gasteiger charge is 2.12. The van der Waals surface area contributed by atoms with Crippen molar-refractivity contribution >= 4 is 11.5 Å². The number of pyridine rings is 1. The van der Waals surface area contributed by atoms with Crippen LogP contribution in [0, 0.1) is 12.3 Å². The first-order valence-electron chi connectivity index (χ1n) is 10.1. The molecule has 2 rings (SSSR count). The van der Waals surface area contributed by atoms with Crippen molar-refractivity contribution in [2.24, 2.45) is 0 Å². The van der Waals surface area contributed by atoms with Crippen molar-refractivity contribution in [1.82, 2.24) is 4.98 Å². The molecule has 140 valence electrons. The van der Waals surface area contributed by atoms with E-state index in [9.17, 15) is 0 Å². The molecule has 26 heavy (non-hydrogen) atoms. The number of anilines is 1. The van der Waals surface area contributed by atoms with Gasteiger partial charge < -0.3 is 5.32 Å². The first-order chi connectivity index (χ1) is 12.7. The second-order valence-electron chi connectivity index (χ2n) is 6.99. The van der Waals surface area contributed by atoms with Crippen molar-refractivity contribution in [3.63, 3.8) is 0 Å². The average Bonchev–Trinajstić information content (AvgIpc) is 2.67. The molecule has 1 aromatic heterocycles. The topological polar surface area (TPSA) is 48.8 Å². The summed E-state index contributed by atoms with van der Waals surface area (Å²) in [5.74, 6) is 0.823. The van der Waals surface area contributed by atoms with Crippen LogP contribution < -0.4 is 5.32 Å². The van der Waals surface area contributed by atoms with Crippen LogP contribution >= 0.6 is 0 Å². The van der Waals surface area contributed by atoms with Crippen molar-refractivity contribution in [2.45, 2.75) is 65.2 Å². The van der Waals surface area contributed by atoms with Gasteiger partial charge in [0.05, 0.1) is 5.71 Å². The minimum absolute atomic E-state index is 0.537. The Morgan fingerprint density at radius 1 is 0.885 bits per heavy atom. The van der Waals surface area contributed by atoms with E-state index in [1.165, 1.54) is 44.9 Å². The number of rotatable bonds is 12. The molecule has 0 unspecified atom stereocenters. The molecule has 0 aliphatic rings. The fourth-order valence-electron chi connectivity index (χ4n) is 3.21. The average molecular weight is 352 g/mol. The maximum Gasteiger partial charge on any atom is 0.135 e. The van der Waals surface area contributed by atoms with Crippen molar-refractivity contribution in [3.05, 3.63) is 59.3 Å². The van der Waals surface area contributed by atoms with Crippen molar-refractivity contribution in [3.8, 4) is 0 Å². The van der Waals surface area contributed by atoms with Gasteiger partial charge in [-0.1, -0.05) is 76.1 Å². The molecule has 0 aliphatic carbocycles. The zero-order valence-electron chi connectivity index (χ0n) is 16.4. The second-order valence-corrected chi connectivity index (χ2v) is 6.99. The third-order valence-corrected chi connectivity index (χ3v) is 4.81. The lowest BCUT2D eigenvalue weighted by molar-refractivity contribution is 0.581. The second kappa shape index (κ2) is 11.5. The lowest BCUT2D eigenvalue weighted by Gasteiger charge is -2.13. The van der Waals surface area contributed by atoms with Gasteiger partial charge >= 0.3 is 0 Å². The first kappa shape index (κ1) is 20.2. The van der Waals surface area contributed by atoms with Gasteiger partial charge in [-0.3, -0.25) is 5.41 Å². The smallest absolute Gasteiger partial charge is 0.135 e. The Hall–Kier alpha value is -2.16. The van der Waals surface area contributed by atoms with E-state index in [0.29, 0.717) is 5.71 Å². The highest BCUT2D eigenvalue weighted by atomic mass is 15.0. The number of hydrogen-bond acceptors (Lipinski definition) is 3. The van der Waals surface area contributed by atoms with Crippen LogP contribution in [0.25, 0.3) is 0 Å². The summed E-state index contributed by atoms with van der Waals surface area (Å²) in [7, 11) is 0. The Kier molecular flexibility index (Phi) is 8.88. The summed E-state index contributed by atoms with van der Waals surface area (Å²) in [6.45, 7) is 5.23. The molecule has 0 bridgehead atoms. The molecule has 0 fully saturated rings. The summed E-state index contributed by atoms with van der Waals surface area (Å²) in [6, 6.07) is 11.9. The van der Waals surface area contributed by atoms with Crippen LogP contribution in [-0.2, 0) is 0 Å². The zero-order chi connectivity index (χ0) is 18.6. The van der Waals surface area contributed by atoms with Crippen molar-refractivity contribution in [1.29, 1.82) is 5.41 Å². The number of hydrogen-bond donors (Lipinski definition) is 2. The van der Waals surface area contributed by atoms with E-state index in [-0.39, 0.29) is 0 Å². The molecule has 0 saturated carbocycles. The first-order valence-corrected chi connectivity index (χ1v) is 10.1. The Morgan fingerprint density at radius 3 is 2.27 bits per heavy atom. The Balaban J connectivity index is 1.82. The van der Waals surface area contributed by atoms with E-state index in [1.54, 1.807) is 6.20 Å². The number of aromatic nitrogens is 1. The van der Waals surface area contributed by atoms with Crippen LogP contribution in [0.3, 0.4) is 0 Å². The van der Waals surface area contributed by atoms with Gasteiger partial charge in [-0.05, 0) is 31.0 Å². The largest absolute Gasteiger partial charge is 0.370 e. The molecule has 1 heterocycles. The molecule has 1 aromatic carbocycles. The van der Waals surface area contributed by atoms with Gasteiger partial charge in [0, 0.05) is 23.9 Å². The van der Waals surface area contributed by atoms with Crippen LogP contribution in [0.15, 0.2) is 42.6 Å². The lowest BCUT2D eigenvalue weighted by Crippen LogP contribution is -2.11. The third kappa shape index (κ3) is 6.29. The fourth-order valence-corrected chi connectivity index (χ4v) is 3.21. The van der Waals surface area contributed by atoms with E-state index in [2.05, 4.69) is 17.2 Å². The highest BCUT2D eigenvalue weighted by Crippen LogP contribution is 2.19. The van der Waals surface area contributed by atoms with E-state index < -0.39 is 0 Å². The quantitative estimate of drug-likeness (QED) is 0.345. The number of benzene rings is 1. The number of nitrogens with zero attached hydrogens (tertiary/aromatic N) is 1. The molecular weight excluding hydrogens is 318 g/mol. The standard InChI is InChI=1S/C23H33N3/c1-3-4-5-6-7-8-9-12-17-25-23-21(16-13-18-26-23)22(24)20-15-11-10-14-19(20)2/h10-11,13-16,18,24H,3-9,12,17H2,1-2H3,(H,25,26). The summed E-state index contributed by atoms with van der Waals surface area (Å²) in [6.07, 6.45) is 12.3. The molecule has 0 aliphatic heterocycles. The SMILES string of the molecule is CCCCCCCCCCNc1ncccc1C(=N)c1ccccc1C. The summed E-state index contributed by atoms with van der Waals surface area (Å²) >= 11 is 0. The highest BCUT2D eigenvalue weighted by molar-refractivity contribution is 6.14. The van der Waals surface area contributed by atoms with Crippen LogP contribution in [-0.4, -0.2) is 17.2 Å². The molecular formula is C23H33N3. The minimum atomic E-state index is 0.537. The lowest BCUT2D eigenvalue weighted by atomic mass is 9.99. The molecule has 3 nitrogen and oxygen atoms in total. The van der Waals surface area contributed by atoms with E-state index >= 15 is 0 Å². The Bertz CT molecular complexity index is 679. The summed E-state index contributed by atoms with van der Waals surface area (Å²) in [5, 5.41) is 12.0. The summed E-state index contributed by atoms with van der Waals surface area (Å²) in [4.78, 5) is 4.47. The number of aryl methyl sites for hydroxylation is 1. The minimum Gasteiger partial charge on any atom is -0.370 e. The Labute approximate surface area is 158 Å². The Morgan fingerprint density at radius 2 is 1.54 bits per heavy atom. The maximum absolute atomic E-state index is 8.60. The van der Waals surface area contributed by atoms with Crippen molar-refractivity contribution < 1.29 is 0 Å². The monoisotopic (exact) mass is 351 g/mol. The van der Waals surface area contributed by atoms with Gasteiger partial charge in [0.15, 0.2) is 0 Å². The van der Waals surface area contributed by atoms with Gasteiger partial charge in [-0.15, -0.1) is 0 Å². The molecule has 2 aromatic rings. The molecule has 0 atom stereocenters. The molecule has 3 heteroatoms. The molecule has 0 radical (unpaired) electrons. The van der Waals surface area contributed by atoms with Crippen LogP contribution in [0.2, 0.25) is 0 Å². The predicted molar refractivity (Wildman–Crippen MR) is 112 cm³/mol. The van der Waals surface area contributed by atoms with Gasteiger partial charge in [0.1, 0.15) is 5.82 Å². The van der Waals surface area contributed by atoms with Gasteiger partial charge in [-0.2, -0.15) is 0 Å². The number of nitrogens with one attached hydrogen (secondary N) is 2. The van der Waals surface area contributed by atoms with E-state index in [1.807, 2.05) is 43.3 Å². The van der Waals surface area contributed by atoms with Crippen molar-refractivity contribution in [2.75, 3.05) is 11.9 Å². The normalized spacial score (nSPS) is 10.7. The fraction of sp³-hybridized carbons (Fsp3) is 0.478.